The Morgan fingerprint density at radius 3 is 1.85 bits per heavy atom. The Balaban J connectivity index is 5.17. The number of ether oxygens (including phenoxy) is 1. The Bertz CT molecular complexity index is 301. The van der Waals surface area contributed by atoms with E-state index in [0.29, 0.717) is 19.6 Å². The van der Waals surface area contributed by atoms with Crippen molar-refractivity contribution < 1.29 is 23.5 Å². The second-order valence-corrected chi connectivity index (χ2v) is 8.19. The van der Waals surface area contributed by atoms with Gasteiger partial charge in [-0.15, -0.1) is 0 Å². The van der Waals surface area contributed by atoms with E-state index in [1.54, 1.807) is 20.8 Å². The lowest BCUT2D eigenvalue weighted by Gasteiger charge is -2.37. The highest BCUT2D eigenvalue weighted by molar-refractivity contribution is 7.54. The third kappa shape index (κ3) is 6.68. The van der Waals surface area contributed by atoms with Crippen LogP contribution in [0.5, 0.6) is 0 Å². The Morgan fingerprint density at radius 1 is 1.10 bits per heavy atom. The van der Waals surface area contributed by atoms with Gasteiger partial charge in [0, 0.05) is 0 Å². The summed E-state index contributed by atoms with van der Waals surface area (Å²) in [4.78, 5) is 0. The minimum atomic E-state index is -3.35. The first kappa shape index (κ1) is 20.1. The summed E-state index contributed by atoms with van der Waals surface area (Å²) in [6, 6.07) is 0. The van der Waals surface area contributed by atoms with E-state index in [1.165, 1.54) is 0 Å². The Labute approximate surface area is 123 Å². The molecule has 0 fully saturated rings. The molecule has 5 nitrogen and oxygen atoms in total. The zero-order valence-electron chi connectivity index (χ0n) is 13.9. The summed E-state index contributed by atoms with van der Waals surface area (Å²) < 4.78 is 29.7. The van der Waals surface area contributed by atoms with Gasteiger partial charge in [0.25, 0.3) is 0 Å². The SMILES string of the molecule is CCOP(=O)(OCC)[C@H](O[C@@H](C)C[C@H](C)O)C(C)(C)C. The van der Waals surface area contributed by atoms with Crippen molar-refractivity contribution in [3.8, 4) is 0 Å². The molecule has 0 rings (SSSR count). The summed E-state index contributed by atoms with van der Waals surface area (Å²) in [5.41, 5.74) is -0.396. The summed E-state index contributed by atoms with van der Waals surface area (Å²) in [5.74, 6) is -0.663. The molecule has 0 radical (unpaired) electrons. The summed E-state index contributed by atoms with van der Waals surface area (Å²) in [5, 5.41) is 9.44. The molecule has 0 aromatic carbocycles. The molecular formula is C14H31O5P. The average molecular weight is 310 g/mol. The maximum absolute atomic E-state index is 12.9. The first-order valence-electron chi connectivity index (χ1n) is 7.29. The smallest absolute Gasteiger partial charge is 0.359 e. The van der Waals surface area contributed by atoms with Crippen LogP contribution in [-0.2, 0) is 18.3 Å². The molecule has 0 spiro atoms. The van der Waals surface area contributed by atoms with Crippen molar-refractivity contribution >= 4 is 7.60 Å². The van der Waals surface area contributed by atoms with Crippen LogP contribution in [-0.4, -0.2) is 36.4 Å². The van der Waals surface area contributed by atoms with Gasteiger partial charge in [0.2, 0.25) is 0 Å². The molecule has 1 N–H and O–H groups in total. The van der Waals surface area contributed by atoms with E-state index in [2.05, 4.69) is 0 Å². The van der Waals surface area contributed by atoms with Crippen LogP contribution in [0.3, 0.4) is 0 Å². The second-order valence-electron chi connectivity index (χ2n) is 6.13. The molecular weight excluding hydrogens is 279 g/mol. The number of hydrogen-bond acceptors (Lipinski definition) is 5. The predicted octanol–water partition coefficient (Wildman–Crippen LogP) is 3.80. The van der Waals surface area contributed by atoms with E-state index >= 15 is 0 Å². The molecule has 122 valence electrons. The zero-order chi connectivity index (χ0) is 16.0. The lowest BCUT2D eigenvalue weighted by atomic mass is 9.98. The fraction of sp³-hybridized carbons (Fsp3) is 1.00. The maximum atomic E-state index is 12.9. The number of aliphatic hydroxyl groups is 1. The van der Waals surface area contributed by atoms with Gasteiger partial charge in [-0.25, -0.2) is 0 Å². The summed E-state index contributed by atoms with van der Waals surface area (Å²) >= 11 is 0. The summed E-state index contributed by atoms with van der Waals surface area (Å²) in [6.07, 6.45) is -0.220. The first-order chi connectivity index (χ1) is 9.06. The Hall–Kier alpha value is 0.0700. The highest BCUT2D eigenvalue weighted by Gasteiger charge is 2.45. The van der Waals surface area contributed by atoms with Crippen molar-refractivity contribution in [3.05, 3.63) is 0 Å². The van der Waals surface area contributed by atoms with Gasteiger partial charge in [-0.05, 0) is 39.5 Å². The van der Waals surface area contributed by atoms with Gasteiger partial charge in [-0.2, -0.15) is 0 Å². The van der Waals surface area contributed by atoms with Gasteiger partial charge in [0.15, 0.2) is 5.85 Å². The molecule has 0 aromatic rings. The molecule has 0 aliphatic heterocycles. The van der Waals surface area contributed by atoms with Crippen LogP contribution >= 0.6 is 7.60 Å². The number of rotatable bonds is 9. The van der Waals surface area contributed by atoms with Crippen molar-refractivity contribution in [1.29, 1.82) is 0 Å². The third-order valence-electron chi connectivity index (χ3n) is 2.68. The minimum Gasteiger partial charge on any atom is -0.393 e. The van der Waals surface area contributed by atoms with E-state index in [1.807, 2.05) is 27.7 Å². The maximum Gasteiger partial charge on any atom is 0.359 e. The largest absolute Gasteiger partial charge is 0.393 e. The van der Waals surface area contributed by atoms with Crippen LogP contribution in [0.2, 0.25) is 0 Å². The normalized spacial score (nSPS) is 17.8. The van der Waals surface area contributed by atoms with Crippen LogP contribution in [0.15, 0.2) is 0 Å². The van der Waals surface area contributed by atoms with E-state index in [9.17, 15) is 9.67 Å². The highest BCUT2D eigenvalue weighted by Crippen LogP contribution is 2.59. The molecule has 0 saturated carbocycles. The second kappa shape index (κ2) is 8.50. The van der Waals surface area contributed by atoms with E-state index in [0.717, 1.165) is 0 Å². The highest BCUT2D eigenvalue weighted by atomic mass is 31.2. The van der Waals surface area contributed by atoms with Crippen LogP contribution < -0.4 is 0 Å². The lowest BCUT2D eigenvalue weighted by molar-refractivity contribution is -0.0460. The Morgan fingerprint density at radius 2 is 1.55 bits per heavy atom. The van der Waals surface area contributed by atoms with Crippen LogP contribution in [0.1, 0.15) is 54.9 Å². The van der Waals surface area contributed by atoms with E-state index < -0.39 is 25.0 Å². The van der Waals surface area contributed by atoms with Gasteiger partial charge >= 0.3 is 7.60 Å². The monoisotopic (exact) mass is 310 g/mol. The molecule has 0 aliphatic carbocycles. The van der Waals surface area contributed by atoms with Gasteiger partial charge < -0.3 is 18.9 Å². The predicted molar refractivity (Wildman–Crippen MR) is 80.9 cm³/mol. The van der Waals surface area contributed by atoms with E-state index in [-0.39, 0.29) is 6.10 Å². The zero-order valence-corrected chi connectivity index (χ0v) is 14.8. The fourth-order valence-electron chi connectivity index (χ4n) is 2.04. The Kier molecular flexibility index (Phi) is 8.53. The molecule has 0 bridgehead atoms. The standard InChI is InChI=1S/C14H31O5P/c1-8-17-20(16,18-9-2)13(14(5,6)7)19-12(4)10-11(3)15/h11-13,15H,8-10H2,1-7H3/t11-,12-,13-/m0/s1. The molecule has 3 atom stereocenters. The molecule has 0 heterocycles. The molecule has 0 unspecified atom stereocenters. The molecule has 0 saturated heterocycles. The average Bonchev–Trinajstić information content (AvgIpc) is 2.24. The third-order valence-corrected chi connectivity index (χ3v) is 5.39. The van der Waals surface area contributed by atoms with Crippen molar-refractivity contribution in [2.75, 3.05) is 13.2 Å². The van der Waals surface area contributed by atoms with Gasteiger partial charge in [0.1, 0.15) is 0 Å². The first-order valence-corrected chi connectivity index (χ1v) is 8.90. The molecule has 0 amide bonds. The summed E-state index contributed by atoms with van der Waals surface area (Å²) in [6.45, 7) is 13.6. The molecule has 0 aliphatic rings. The number of aliphatic hydroxyl groups excluding tert-OH is 1. The molecule has 0 aromatic heterocycles. The lowest BCUT2D eigenvalue weighted by Crippen LogP contribution is -2.34. The van der Waals surface area contributed by atoms with Crippen molar-refractivity contribution in [2.45, 2.75) is 72.9 Å². The van der Waals surface area contributed by atoms with Gasteiger partial charge in [0.05, 0.1) is 25.4 Å². The number of hydrogen-bond donors (Lipinski definition) is 1. The van der Waals surface area contributed by atoms with Crippen molar-refractivity contribution in [1.82, 2.24) is 0 Å². The minimum absolute atomic E-state index is 0.228. The molecule has 20 heavy (non-hydrogen) atoms. The van der Waals surface area contributed by atoms with Crippen LogP contribution in [0.4, 0.5) is 0 Å². The van der Waals surface area contributed by atoms with Gasteiger partial charge in [-0.1, -0.05) is 20.8 Å². The van der Waals surface area contributed by atoms with Crippen molar-refractivity contribution in [3.63, 3.8) is 0 Å². The van der Waals surface area contributed by atoms with E-state index in [4.69, 9.17) is 13.8 Å². The summed E-state index contributed by atoms with van der Waals surface area (Å²) in [7, 11) is -3.35. The van der Waals surface area contributed by atoms with Crippen LogP contribution in [0, 0.1) is 5.41 Å². The molecule has 6 heteroatoms. The van der Waals surface area contributed by atoms with Crippen LogP contribution in [0.25, 0.3) is 0 Å². The fourth-order valence-corrected chi connectivity index (χ4v) is 4.41. The quantitative estimate of drug-likeness (QED) is 0.656. The van der Waals surface area contributed by atoms with Gasteiger partial charge in [-0.3, -0.25) is 4.57 Å². The topological polar surface area (TPSA) is 65.0 Å². The van der Waals surface area contributed by atoms with Crippen molar-refractivity contribution in [2.24, 2.45) is 5.41 Å².